The quantitative estimate of drug-likeness (QED) is 0.395. The molecular formula is C15H32N4O4S. The Kier molecular flexibility index (Phi) is 8.96. The summed E-state index contributed by atoms with van der Waals surface area (Å²) in [6.07, 6.45) is 3.05. The Morgan fingerprint density at radius 3 is 2.67 bits per heavy atom. The zero-order chi connectivity index (χ0) is 18.1. The summed E-state index contributed by atoms with van der Waals surface area (Å²) in [7, 11) is -0.0467. The maximum absolute atomic E-state index is 12.0. The number of hydrogen-bond donors (Lipinski definition) is 3. The van der Waals surface area contributed by atoms with Crippen molar-refractivity contribution in [3.05, 3.63) is 0 Å². The molecule has 0 aromatic carbocycles. The number of sulfonamides is 1. The minimum absolute atomic E-state index is 0.00723. The van der Waals surface area contributed by atoms with E-state index in [0.717, 1.165) is 19.3 Å². The normalized spacial score (nSPS) is 20.0. The lowest BCUT2D eigenvalue weighted by atomic mass is 10.1. The number of nitrogens with zero attached hydrogens (tertiary/aromatic N) is 1. The van der Waals surface area contributed by atoms with Gasteiger partial charge in [0.1, 0.15) is 0 Å². The number of hydrogen-bond acceptors (Lipinski definition) is 5. The Bertz CT molecular complexity index is 488. The summed E-state index contributed by atoms with van der Waals surface area (Å²) in [5.41, 5.74) is -0.328. The lowest BCUT2D eigenvalue weighted by molar-refractivity contribution is 0.0200. The number of rotatable bonds is 9. The monoisotopic (exact) mass is 364 g/mol. The van der Waals surface area contributed by atoms with E-state index in [4.69, 9.17) is 9.47 Å². The SMILES string of the molecule is CN=C(NCCS(=O)(=O)NCC1CCCCO1)NCC(C)(C)OC. The molecule has 0 amide bonds. The number of methoxy groups -OCH3 is 1. The molecule has 1 aliphatic heterocycles. The van der Waals surface area contributed by atoms with E-state index < -0.39 is 10.0 Å². The van der Waals surface area contributed by atoms with E-state index >= 15 is 0 Å². The van der Waals surface area contributed by atoms with Crippen LogP contribution in [0, 0.1) is 0 Å². The van der Waals surface area contributed by atoms with Gasteiger partial charge in [-0.3, -0.25) is 4.99 Å². The molecule has 1 aliphatic rings. The van der Waals surface area contributed by atoms with Crippen molar-refractivity contribution in [1.82, 2.24) is 15.4 Å². The van der Waals surface area contributed by atoms with Crippen LogP contribution in [0.3, 0.4) is 0 Å². The smallest absolute Gasteiger partial charge is 0.213 e. The van der Waals surface area contributed by atoms with Gasteiger partial charge >= 0.3 is 0 Å². The third-order valence-electron chi connectivity index (χ3n) is 3.93. The van der Waals surface area contributed by atoms with Crippen LogP contribution >= 0.6 is 0 Å². The van der Waals surface area contributed by atoms with Gasteiger partial charge in [-0.2, -0.15) is 0 Å². The first-order valence-corrected chi connectivity index (χ1v) is 10.0. The second-order valence-electron chi connectivity index (χ2n) is 6.47. The topological polar surface area (TPSA) is 101 Å². The highest BCUT2D eigenvalue weighted by Crippen LogP contribution is 2.11. The summed E-state index contributed by atoms with van der Waals surface area (Å²) in [5.74, 6) is 0.527. The first kappa shape index (κ1) is 21.1. The molecule has 1 heterocycles. The molecule has 0 aromatic rings. The molecule has 0 bridgehead atoms. The average Bonchev–Trinajstić information content (AvgIpc) is 2.57. The maximum atomic E-state index is 12.0. The maximum Gasteiger partial charge on any atom is 0.213 e. The van der Waals surface area contributed by atoms with Crippen LogP contribution in [-0.2, 0) is 19.5 Å². The van der Waals surface area contributed by atoms with Crippen LogP contribution in [0.25, 0.3) is 0 Å². The van der Waals surface area contributed by atoms with Gasteiger partial charge in [0, 0.05) is 40.4 Å². The largest absolute Gasteiger partial charge is 0.377 e. The van der Waals surface area contributed by atoms with E-state index in [2.05, 4.69) is 20.3 Å². The van der Waals surface area contributed by atoms with Gasteiger partial charge in [0.2, 0.25) is 10.0 Å². The summed E-state index contributed by atoms with van der Waals surface area (Å²) >= 11 is 0. The Morgan fingerprint density at radius 2 is 2.08 bits per heavy atom. The summed E-state index contributed by atoms with van der Waals surface area (Å²) in [4.78, 5) is 4.07. The van der Waals surface area contributed by atoms with Crippen LogP contribution in [0.2, 0.25) is 0 Å². The standard InChI is InChI=1S/C15H32N4O4S/c1-15(2,22-4)12-18-14(16-3)17-8-10-24(20,21)19-11-13-7-5-6-9-23-13/h13,19H,5-12H2,1-4H3,(H2,16,17,18). The van der Waals surface area contributed by atoms with E-state index in [1.165, 1.54) is 0 Å². The third-order valence-corrected chi connectivity index (χ3v) is 5.27. The van der Waals surface area contributed by atoms with Crippen molar-refractivity contribution < 1.29 is 17.9 Å². The molecule has 24 heavy (non-hydrogen) atoms. The van der Waals surface area contributed by atoms with E-state index in [0.29, 0.717) is 25.7 Å². The van der Waals surface area contributed by atoms with Crippen molar-refractivity contribution in [2.75, 3.05) is 46.2 Å². The highest BCUT2D eigenvalue weighted by atomic mass is 32.2. The van der Waals surface area contributed by atoms with Crippen molar-refractivity contribution in [3.8, 4) is 0 Å². The second-order valence-corrected chi connectivity index (χ2v) is 8.40. The van der Waals surface area contributed by atoms with E-state index in [-0.39, 0.29) is 24.0 Å². The highest BCUT2D eigenvalue weighted by molar-refractivity contribution is 7.89. The van der Waals surface area contributed by atoms with Gasteiger partial charge in [-0.25, -0.2) is 13.1 Å². The minimum atomic E-state index is -3.33. The molecule has 9 heteroatoms. The van der Waals surface area contributed by atoms with Crippen LogP contribution in [0.15, 0.2) is 4.99 Å². The molecule has 0 radical (unpaired) electrons. The summed E-state index contributed by atoms with van der Waals surface area (Å²) < 4.78 is 37.5. The molecule has 8 nitrogen and oxygen atoms in total. The van der Waals surface area contributed by atoms with E-state index in [1.807, 2.05) is 13.8 Å². The summed E-state index contributed by atoms with van der Waals surface area (Å²) in [6.45, 7) is 5.80. The number of aliphatic imine (C=N–C) groups is 1. The predicted octanol–water partition coefficient (Wildman–Crippen LogP) is 0.0649. The van der Waals surface area contributed by atoms with Crippen LogP contribution < -0.4 is 15.4 Å². The Balaban J connectivity index is 2.27. The molecule has 1 fully saturated rings. The molecule has 1 atom stereocenters. The van der Waals surface area contributed by atoms with Gasteiger partial charge in [0.15, 0.2) is 5.96 Å². The Hall–Kier alpha value is -0.900. The van der Waals surface area contributed by atoms with Crippen molar-refractivity contribution in [3.63, 3.8) is 0 Å². The Morgan fingerprint density at radius 1 is 1.33 bits per heavy atom. The van der Waals surface area contributed by atoms with Crippen LogP contribution in [-0.4, -0.2) is 72.2 Å². The Labute approximate surface area is 145 Å². The van der Waals surface area contributed by atoms with Gasteiger partial charge in [0.05, 0.1) is 17.5 Å². The highest BCUT2D eigenvalue weighted by Gasteiger charge is 2.18. The fourth-order valence-corrected chi connectivity index (χ4v) is 3.11. The first-order chi connectivity index (χ1) is 11.3. The molecule has 142 valence electrons. The van der Waals surface area contributed by atoms with Gasteiger partial charge in [-0.05, 0) is 33.1 Å². The summed E-state index contributed by atoms with van der Waals surface area (Å²) in [6, 6.07) is 0. The second kappa shape index (κ2) is 10.2. The minimum Gasteiger partial charge on any atom is -0.377 e. The molecule has 0 saturated carbocycles. The van der Waals surface area contributed by atoms with Gasteiger partial charge in [-0.1, -0.05) is 0 Å². The molecular weight excluding hydrogens is 332 g/mol. The van der Waals surface area contributed by atoms with Gasteiger partial charge in [-0.15, -0.1) is 0 Å². The molecule has 0 aliphatic carbocycles. The lowest BCUT2D eigenvalue weighted by Crippen LogP contribution is -2.47. The number of ether oxygens (including phenoxy) is 2. The molecule has 0 spiro atoms. The average molecular weight is 365 g/mol. The van der Waals surface area contributed by atoms with Crippen molar-refractivity contribution in [2.24, 2.45) is 4.99 Å². The fourth-order valence-electron chi connectivity index (χ4n) is 2.15. The van der Waals surface area contributed by atoms with Crippen LogP contribution in [0.5, 0.6) is 0 Å². The summed E-state index contributed by atoms with van der Waals surface area (Å²) in [5, 5.41) is 6.10. The first-order valence-electron chi connectivity index (χ1n) is 8.36. The predicted molar refractivity (Wildman–Crippen MR) is 95.8 cm³/mol. The molecule has 1 rings (SSSR count). The van der Waals surface area contributed by atoms with E-state index in [9.17, 15) is 8.42 Å². The van der Waals surface area contributed by atoms with Gasteiger partial charge in [0.25, 0.3) is 0 Å². The van der Waals surface area contributed by atoms with Crippen LogP contribution in [0.4, 0.5) is 0 Å². The molecule has 3 N–H and O–H groups in total. The molecule has 1 unspecified atom stereocenters. The van der Waals surface area contributed by atoms with Crippen molar-refractivity contribution in [2.45, 2.75) is 44.8 Å². The molecule has 0 aromatic heterocycles. The molecule has 1 saturated heterocycles. The lowest BCUT2D eigenvalue weighted by Gasteiger charge is -2.24. The fraction of sp³-hybridized carbons (Fsp3) is 0.933. The van der Waals surface area contributed by atoms with Crippen molar-refractivity contribution >= 4 is 16.0 Å². The number of nitrogens with one attached hydrogen (secondary N) is 3. The van der Waals surface area contributed by atoms with Crippen molar-refractivity contribution in [1.29, 1.82) is 0 Å². The van der Waals surface area contributed by atoms with Gasteiger partial charge < -0.3 is 20.1 Å². The number of guanidine groups is 1. The zero-order valence-corrected chi connectivity index (χ0v) is 16.0. The van der Waals surface area contributed by atoms with Crippen LogP contribution in [0.1, 0.15) is 33.1 Å². The zero-order valence-electron chi connectivity index (χ0n) is 15.2. The third kappa shape index (κ3) is 8.81. The van der Waals surface area contributed by atoms with E-state index in [1.54, 1.807) is 14.2 Å².